The highest BCUT2D eigenvalue weighted by Crippen LogP contribution is 2.45. The van der Waals surface area contributed by atoms with Gasteiger partial charge in [0.1, 0.15) is 136 Å². The zero-order valence-electron chi connectivity index (χ0n) is 51.3. The van der Waals surface area contributed by atoms with Gasteiger partial charge in [-0.3, -0.25) is 9.59 Å². The van der Waals surface area contributed by atoms with E-state index in [0.717, 1.165) is 6.08 Å². The summed E-state index contributed by atoms with van der Waals surface area (Å²) in [5.41, 5.74) is 0. The van der Waals surface area contributed by atoms with Crippen molar-refractivity contribution in [1.29, 1.82) is 0 Å². The highest BCUT2D eigenvalue weighted by atomic mass is 16.7. The summed E-state index contributed by atoms with van der Waals surface area (Å²) < 4.78 is 68.7. The summed E-state index contributed by atoms with van der Waals surface area (Å²) >= 11 is 0. The lowest BCUT2D eigenvalue weighted by Crippen LogP contribution is -2.65. The van der Waals surface area contributed by atoms with E-state index >= 15 is 0 Å². The summed E-state index contributed by atoms with van der Waals surface area (Å²) in [6.07, 6.45) is -38.2. The molecule has 9 aliphatic rings. The number of carboxylic acid groups (broad SMARTS) is 1. The molecule has 0 radical (unpaired) electrons. The van der Waals surface area contributed by atoms with Gasteiger partial charge in [0.05, 0.1) is 49.1 Å². The van der Waals surface area contributed by atoms with Gasteiger partial charge in [0.2, 0.25) is 0 Å². The van der Waals surface area contributed by atoms with E-state index in [0.29, 0.717) is 51.4 Å². The summed E-state index contributed by atoms with van der Waals surface area (Å²) in [7, 11) is 0. The maximum atomic E-state index is 13.2. The molecule has 5 heterocycles. The van der Waals surface area contributed by atoms with E-state index in [9.17, 15) is 106 Å². The van der Waals surface area contributed by atoms with Crippen LogP contribution in [0.3, 0.4) is 0 Å². The second-order valence-electron chi connectivity index (χ2n) is 26.3. The first-order chi connectivity index (χ1) is 44.7. The maximum Gasteiger partial charge on any atom is 0.330 e. The van der Waals surface area contributed by atoms with Crippen LogP contribution in [0.5, 0.6) is 0 Å². The van der Waals surface area contributed by atoms with Gasteiger partial charge in [-0.25, -0.2) is 9.59 Å². The van der Waals surface area contributed by atoms with E-state index in [-0.39, 0.29) is 50.0 Å². The molecule has 0 bridgehead atoms. The highest BCUT2D eigenvalue weighted by molar-refractivity contribution is 5.90. The van der Waals surface area contributed by atoms with Gasteiger partial charge in [-0.2, -0.15) is 0 Å². The topological polar surface area (TPSA) is 547 Å². The number of carbonyl (C=O) groups excluding carboxylic acids is 3. The van der Waals surface area contributed by atoms with Crippen molar-refractivity contribution in [3.63, 3.8) is 0 Å². The van der Waals surface area contributed by atoms with Gasteiger partial charge in [0, 0.05) is 30.9 Å². The van der Waals surface area contributed by atoms with E-state index in [1.165, 1.54) is 6.08 Å². The Morgan fingerprint density at radius 1 is 0.426 bits per heavy atom. The third-order valence-corrected chi connectivity index (χ3v) is 19.6. The molecule has 536 valence electrons. The number of ether oxygens (including phenoxy) is 12. The molecule has 0 aromatic rings. The van der Waals surface area contributed by atoms with E-state index in [4.69, 9.17) is 61.9 Å². The normalized spacial score (nSPS) is 47.2. The number of hydrogen-bond acceptors (Lipinski definition) is 32. The molecule has 4 aliphatic carbocycles. The number of rotatable bonds is 22. The van der Waals surface area contributed by atoms with E-state index < -0.39 is 246 Å². The van der Waals surface area contributed by atoms with E-state index in [1.807, 2.05) is 0 Å². The van der Waals surface area contributed by atoms with Crippen LogP contribution in [0.25, 0.3) is 0 Å². The zero-order chi connectivity index (χ0) is 68.0. The Hall–Kier alpha value is -3.68. The van der Waals surface area contributed by atoms with Crippen molar-refractivity contribution in [2.24, 2.45) is 23.7 Å². The molecule has 9 fully saturated rings. The van der Waals surface area contributed by atoms with Gasteiger partial charge in [-0.05, 0) is 82.5 Å². The first-order valence-corrected chi connectivity index (χ1v) is 32.2. The van der Waals surface area contributed by atoms with Crippen molar-refractivity contribution in [3.8, 4) is 0 Å². The van der Waals surface area contributed by atoms with Crippen LogP contribution in [0, 0.1) is 23.7 Å². The van der Waals surface area contributed by atoms with Crippen molar-refractivity contribution in [3.05, 3.63) is 24.3 Å². The second-order valence-corrected chi connectivity index (χ2v) is 26.3. The molecule has 9 rings (SSSR count). The molecule has 94 heavy (non-hydrogen) atoms. The third kappa shape index (κ3) is 18.4. The van der Waals surface area contributed by atoms with Gasteiger partial charge < -0.3 is 149 Å². The molecular formula is C60H93O34+. The van der Waals surface area contributed by atoms with Crippen LogP contribution in [0.15, 0.2) is 24.3 Å². The number of esters is 3. The smallest absolute Gasteiger partial charge is 0.330 e. The Labute approximate surface area is 538 Å². The molecule has 34 nitrogen and oxygen atoms in total. The van der Waals surface area contributed by atoms with E-state index in [2.05, 4.69) is 0 Å². The van der Waals surface area contributed by atoms with Crippen LogP contribution in [-0.2, 0) is 71.3 Å². The molecule has 30 unspecified atom stereocenters. The van der Waals surface area contributed by atoms with Crippen molar-refractivity contribution < 1.29 is 168 Å². The molecule has 5 saturated heterocycles. The lowest BCUT2D eigenvalue weighted by Gasteiger charge is -2.50. The van der Waals surface area contributed by atoms with Crippen LogP contribution in [0.2, 0.25) is 0 Å². The number of aliphatic hydroxyl groups excluding tert-OH is 17. The lowest BCUT2D eigenvalue weighted by molar-refractivity contribution is -0.365. The van der Waals surface area contributed by atoms with Gasteiger partial charge in [-0.1, -0.05) is 12.2 Å². The molecule has 34 heteroatoms. The summed E-state index contributed by atoms with van der Waals surface area (Å²) in [6, 6.07) is 0. The largest absolute Gasteiger partial charge is 0.481 e. The average molecular weight is 1360 g/mol. The number of aliphatic carboxylic acids is 1. The first-order valence-electron chi connectivity index (χ1n) is 32.2. The highest BCUT2D eigenvalue weighted by Gasteiger charge is 2.58. The molecule has 0 aromatic carbocycles. The maximum absolute atomic E-state index is 13.2. The van der Waals surface area contributed by atoms with Crippen LogP contribution >= 0.6 is 0 Å². The lowest BCUT2D eigenvalue weighted by atomic mass is 9.72. The molecule has 5 aliphatic heterocycles. The van der Waals surface area contributed by atoms with Crippen molar-refractivity contribution in [2.45, 2.75) is 274 Å². The van der Waals surface area contributed by atoms with Crippen molar-refractivity contribution in [1.82, 2.24) is 0 Å². The Bertz CT molecular complexity index is 2500. The minimum atomic E-state index is -2.06. The molecule has 0 amide bonds. The van der Waals surface area contributed by atoms with Gasteiger partial charge in [0.25, 0.3) is 0 Å². The fourth-order valence-corrected chi connectivity index (χ4v) is 14.1. The average Bonchev–Trinajstić information content (AvgIpc) is 0.766. The quantitative estimate of drug-likeness (QED) is 0.0157. The monoisotopic (exact) mass is 1360 g/mol. The van der Waals surface area contributed by atoms with Crippen LogP contribution in [-0.4, -0.2) is 331 Å². The summed E-state index contributed by atoms with van der Waals surface area (Å²) in [6.45, 7) is -2.84. The summed E-state index contributed by atoms with van der Waals surface area (Å²) in [5, 5.41) is 194. The molecule has 19 N–H and O–H groups in total. The third-order valence-electron chi connectivity index (χ3n) is 19.6. The zero-order valence-corrected chi connectivity index (χ0v) is 51.3. The molecule has 30 atom stereocenters. The number of carboxylic acids is 1. The predicted octanol–water partition coefficient (Wildman–Crippen LogP) is -7.72. The number of fused-ring (bicyclic) bond motifs is 1. The first kappa shape index (κ1) is 74.5. The Kier molecular flexibility index (Phi) is 26.5. The fourth-order valence-electron chi connectivity index (χ4n) is 14.1. The number of carbonyl (C=O) groups is 4. The molecular weight excluding hydrogens is 1260 g/mol. The summed E-state index contributed by atoms with van der Waals surface area (Å²) in [4.78, 5) is 48.9. The molecule has 4 saturated carbocycles. The standard InChI is InChI=1S/C60H92O34/c61-19-35-44(71)48(75)53(80)58(91-35)88-32-13-25(56-34(17-29-30(64)15-27(63)16-31(29)87-56)90-60-55(82)51(78)47(74)38(94-60)22-85-42(69)18-39(65)66)14-33(43(32)70)89-59-54(81)50(77)46(73)37(93-59)21-84-41(68)12-6-24-3-9-28(10-4-24)86-57-52(79)49(76)45(72)36(92-57)20-83-40(67)11-5-23-1-7-26(62)8-2-23/h5-6,11-12,23-38,43-64,70-82H,1-4,7-10,13-22H2,(H,65,66)/p+1. The van der Waals surface area contributed by atoms with Crippen LogP contribution < -0.4 is 0 Å². The van der Waals surface area contributed by atoms with Gasteiger partial charge >= 0.3 is 23.9 Å². The van der Waals surface area contributed by atoms with Crippen LogP contribution in [0.4, 0.5) is 0 Å². The Morgan fingerprint density at radius 3 is 1.30 bits per heavy atom. The van der Waals surface area contributed by atoms with E-state index in [1.54, 1.807) is 12.2 Å². The SMILES string of the molecule is O=C(O)CC(=O)OCC1OC(OC2CC3C(O)CC(O)CC3[OH+]C2C2CC(OC3OC(CO)C(O)C(O)C3O)C(O)C(OC3OC(COC(=O)C=CC4CCC(OC5OC(COC(=O)C=CC6CCC(O)CC6)C(O)C(O)C5O)CC4)C(O)C(O)C3O)C2)C(O)C(O)C1O. The van der Waals surface area contributed by atoms with Crippen molar-refractivity contribution >= 4 is 23.9 Å². The fraction of sp³-hybridized carbons (Fsp3) is 0.867. The molecule has 0 aromatic heterocycles. The number of hydrogen-bond donors (Lipinski definition) is 18. The van der Waals surface area contributed by atoms with Gasteiger partial charge in [-0.15, -0.1) is 0 Å². The Balaban J connectivity index is 0.838. The predicted molar refractivity (Wildman–Crippen MR) is 305 cm³/mol. The number of allylic oxidation sites excluding steroid dienone is 2. The molecule has 0 spiro atoms. The van der Waals surface area contributed by atoms with Gasteiger partial charge in [0.15, 0.2) is 37.4 Å². The minimum Gasteiger partial charge on any atom is -0.481 e. The van der Waals surface area contributed by atoms with Crippen molar-refractivity contribution in [2.75, 3.05) is 26.4 Å². The summed E-state index contributed by atoms with van der Waals surface area (Å²) in [5.74, 6) is -6.11. The minimum absolute atomic E-state index is 0.0471. The second kappa shape index (κ2) is 33.5. The van der Waals surface area contributed by atoms with Crippen LogP contribution in [0.1, 0.15) is 89.9 Å². The number of aliphatic hydroxyl groups is 19. The Morgan fingerprint density at radius 2 is 0.840 bits per heavy atom.